The minimum Gasteiger partial charge on any atom is -0.432 e. The van der Waals surface area contributed by atoms with Crippen LogP contribution in [-0.4, -0.2) is 10.9 Å². The van der Waals surface area contributed by atoms with Gasteiger partial charge in [-0.2, -0.15) is 4.98 Å². The molecule has 1 amide bonds. The van der Waals surface area contributed by atoms with E-state index in [4.69, 9.17) is 4.42 Å². The highest BCUT2D eigenvalue weighted by Crippen LogP contribution is 2.27. The summed E-state index contributed by atoms with van der Waals surface area (Å²) < 4.78 is 6.00. The molecule has 84 valence electrons. The van der Waals surface area contributed by atoms with E-state index in [1.165, 1.54) is 17.6 Å². The number of thiophene rings is 1. The van der Waals surface area contributed by atoms with Crippen molar-refractivity contribution in [2.24, 2.45) is 0 Å². The lowest BCUT2D eigenvalue weighted by Gasteiger charge is -1.96. The predicted octanol–water partition coefficient (Wildman–Crippen LogP) is 3.37. The number of aryl methyl sites for hydroxylation is 2. The molecular formula is C10H9BrN2O2S. The molecule has 0 atom stereocenters. The number of amides is 1. The van der Waals surface area contributed by atoms with Gasteiger partial charge < -0.3 is 4.42 Å². The zero-order chi connectivity index (χ0) is 11.7. The van der Waals surface area contributed by atoms with Gasteiger partial charge in [0, 0.05) is 0 Å². The van der Waals surface area contributed by atoms with Gasteiger partial charge in [0.25, 0.3) is 5.91 Å². The van der Waals surface area contributed by atoms with Gasteiger partial charge >= 0.3 is 6.01 Å². The highest BCUT2D eigenvalue weighted by Gasteiger charge is 2.13. The molecule has 6 heteroatoms. The number of rotatable bonds is 2. The van der Waals surface area contributed by atoms with Gasteiger partial charge in [0.2, 0.25) is 0 Å². The van der Waals surface area contributed by atoms with Crippen LogP contribution in [0, 0.1) is 13.8 Å². The lowest BCUT2D eigenvalue weighted by Crippen LogP contribution is -2.10. The Morgan fingerprint density at radius 2 is 2.31 bits per heavy atom. The van der Waals surface area contributed by atoms with Crippen LogP contribution in [0.25, 0.3) is 0 Å². The molecule has 0 aromatic carbocycles. The van der Waals surface area contributed by atoms with E-state index in [9.17, 15) is 4.79 Å². The molecule has 0 unspecified atom stereocenters. The molecule has 0 fully saturated rings. The minimum atomic E-state index is -0.208. The molecular weight excluding hydrogens is 292 g/mol. The van der Waals surface area contributed by atoms with E-state index in [-0.39, 0.29) is 11.9 Å². The van der Waals surface area contributed by atoms with Gasteiger partial charge in [-0.1, -0.05) is 0 Å². The first-order valence-electron chi connectivity index (χ1n) is 4.55. The molecule has 0 spiro atoms. The zero-order valence-corrected chi connectivity index (χ0v) is 11.1. The molecule has 0 saturated carbocycles. The summed E-state index contributed by atoms with van der Waals surface area (Å²) >= 11 is 4.76. The summed E-state index contributed by atoms with van der Waals surface area (Å²) in [4.78, 5) is 16.4. The molecule has 0 aliphatic heterocycles. The molecule has 2 aromatic heterocycles. The Labute approximate surface area is 105 Å². The number of hydrogen-bond acceptors (Lipinski definition) is 4. The van der Waals surface area contributed by atoms with Crippen molar-refractivity contribution in [1.82, 2.24) is 4.98 Å². The SMILES string of the molecule is Cc1coc(NC(=O)c2cc(C)c(Br)s2)n1. The fourth-order valence-electron chi connectivity index (χ4n) is 1.14. The molecule has 0 saturated heterocycles. The van der Waals surface area contributed by atoms with Crippen molar-refractivity contribution in [3.63, 3.8) is 0 Å². The third kappa shape index (κ3) is 2.33. The third-order valence-corrected chi connectivity index (χ3v) is 4.06. The fraction of sp³-hybridized carbons (Fsp3) is 0.200. The number of anilines is 1. The second kappa shape index (κ2) is 4.39. The van der Waals surface area contributed by atoms with Crippen LogP contribution in [0.15, 0.2) is 20.5 Å². The maximum absolute atomic E-state index is 11.8. The minimum absolute atomic E-state index is 0.208. The van der Waals surface area contributed by atoms with Crippen LogP contribution < -0.4 is 5.32 Å². The number of halogens is 1. The molecule has 0 radical (unpaired) electrons. The van der Waals surface area contributed by atoms with Crippen molar-refractivity contribution in [3.05, 3.63) is 32.3 Å². The predicted molar refractivity (Wildman–Crippen MR) is 65.9 cm³/mol. The molecule has 0 aliphatic rings. The van der Waals surface area contributed by atoms with Gasteiger partial charge in [-0.25, -0.2) is 0 Å². The van der Waals surface area contributed by atoms with E-state index in [1.807, 2.05) is 13.0 Å². The average molecular weight is 301 g/mol. The van der Waals surface area contributed by atoms with Gasteiger partial charge in [0.15, 0.2) is 0 Å². The van der Waals surface area contributed by atoms with Crippen molar-refractivity contribution < 1.29 is 9.21 Å². The fourth-order valence-corrected chi connectivity index (χ4v) is 2.57. The molecule has 1 N–H and O–H groups in total. The number of hydrogen-bond donors (Lipinski definition) is 1. The topological polar surface area (TPSA) is 55.1 Å². The first-order chi connectivity index (χ1) is 7.56. The highest BCUT2D eigenvalue weighted by molar-refractivity contribution is 9.11. The average Bonchev–Trinajstić information content (AvgIpc) is 2.75. The van der Waals surface area contributed by atoms with Crippen molar-refractivity contribution in [3.8, 4) is 0 Å². The number of aromatic nitrogens is 1. The molecule has 4 nitrogen and oxygen atoms in total. The molecule has 2 heterocycles. The summed E-state index contributed by atoms with van der Waals surface area (Å²) in [7, 11) is 0. The lowest BCUT2D eigenvalue weighted by molar-refractivity contribution is 0.102. The van der Waals surface area contributed by atoms with Crippen LogP contribution >= 0.6 is 27.3 Å². The van der Waals surface area contributed by atoms with E-state index < -0.39 is 0 Å². The first-order valence-corrected chi connectivity index (χ1v) is 6.16. The maximum Gasteiger partial charge on any atom is 0.301 e. The number of nitrogens with one attached hydrogen (secondary N) is 1. The van der Waals surface area contributed by atoms with Gasteiger partial charge in [0.05, 0.1) is 14.4 Å². The smallest absolute Gasteiger partial charge is 0.301 e. The highest BCUT2D eigenvalue weighted by atomic mass is 79.9. The Kier molecular flexibility index (Phi) is 3.11. The van der Waals surface area contributed by atoms with Crippen LogP contribution in [0.3, 0.4) is 0 Å². The van der Waals surface area contributed by atoms with E-state index >= 15 is 0 Å². The summed E-state index contributed by atoms with van der Waals surface area (Å²) in [6.07, 6.45) is 1.49. The van der Waals surface area contributed by atoms with Crippen molar-refractivity contribution in [2.75, 3.05) is 5.32 Å². The number of nitrogens with zero attached hydrogens (tertiary/aromatic N) is 1. The molecule has 16 heavy (non-hydrogen) atoms. The third-order valence-electron chi connectivity index (χ3n) is 1.92. The molecule has 0 bridgehead atoms. The van der Waals surface area contributed by atoms with Crippen molar-refractivity contribution >= 4 is 39.2 Å². The van der Waals surface area contributed by atoms with Gasteiger partial charge in [-0.15, -0.1) is 11.3 Å². The Morgan fingerprint density at radius 1 is 1.56 bits per heavy atom. The zero-order valence-electron chi connectivity index (χ0n) is 8.70. The van der Waals surface area contributed by atoms with Crippen LogP contribution in [0.5, 0.6) is 0 Å². The Hall–Kier alpha value is -1.14. The summed E-state index contributed by atoms with van der Waals surface area (Å²) in [5.41, 5.74) is 1.78. The second-order valence-corrected chi connectivity index (χ2v) is 5.69. The van der Waals surface area contributed by atoms with Gasteiger partial charge in [-0.05, 0) is 41.4 Å². The van der Waals surface area contributed by atoms with E-state index in [0.717, 1.165) is 15.0 Å². The van der Waals surface area contributed by atoms with Crippen LogP contribution in [-0.2, 0) is 0 Å². The van der Waals surface area contributed by atoms with Crippen molar-refractivity contribution in [2.45, 2.75) is 13.8 Å². The molecule has 0 aliphatic carbocycles. The summed E-state index contributed by atoms with van der Waals surface area (Å²) in [5, 5.41) is 2.59. The van der Waals surface area contributed by atoms with E-state index in [1.54, 1.807) is 6.92 Å². The largest absolute Gasteiger partial charge is 0.432 e. The first kappa shape index (κ1) is 11.3. The molecule has 2 aromatic rings. The number of carbonyl (C=O) groups is 1. The molecule has 2 rings (SSSR count). The normalized spacial score (nSPS) is 10.4. The van der Waals surface area contributed by atoms with Crippen LogP contribution in [0.4, 0.5) is 6.01 Å². The van der Waals surface area contributed by atoms with Gasteiger partial charge in [-0.3, -0.25) is 10.1 Å². The van der Waals surface area contributed by atoms with E-state index in [2.05, 4.69) is 26.2 Å². The summed E-state index contributed by atoms with van der Waals surface area (Å²) in [6.45, 7) is 3.73. The van der Waals surface area contributed by atoms with Crippen LogP contribution in [0.1, 0.15) is 20.9 Å². The lowest BCUT2D eigenvalue weighted by atomic mass is 10.3. The second-order valence-electron chi connectivity index (χ2n) is 3.32. The number of oxazole rings is 1. The quantitative estimate of drug-likeness (QED) is 0.925. The van der Waals surface area contributed by atoms with Crippen molar-refractivity contribution in [1.29, 1.82) is 0 Å². The van der Waals surface area contributed by atoms with Gasteiger partial charge in [0.1, 0.15) is 6.26 Å². The van der Waals surface area contributed by atoms with Crippen LogP contribution in [0.2, 0.25) is 0 Å². The standard InChI is InChI=1S/C10H9BrN2O2S/c1-5-3-7(16-8(5)11)9(14)13-10-12-6(2)4-15-10/h3-4H,1-2H3,(H,12,13,14). The maximum atomic E-state index is 11.8. The Morgan fingerprint density at radius 3 is 2.81 bits per heavy atom. The summed E-state index contributed by atoms with van der Waals surface area (Å²) in [5.74, 6) is -0.208. The monoisotopic (exact) mass is 300 g/mol. The summed E-state index contributed by atoms with van der Waals surface area (Å²) in [6, 6.07) is 2.05. The van der Waals surface area contributed by atoms with E-state index in [0.29, 0.717) is 4.88 Å². The Bertz CT molecular complexity index is 513. The Balaban J connectivity index is 2.14. The number of carbonyl (C=O) groups excluding carboxylic acids is 1.